The monoisotopic (exact) mass is 341 g/mol. The Kier molecular flexibility index (Phi) is 5.41. The van der Waals surface area contributed by atoms with Gasteiger partial charge in [-0.15, -0.1) is 0 Å². The van der Waals surface area contributed by atoms with Gasteiger partial charge in [0, 0.05) is 17.8 Å². The zero-order valence-corrected chi connectivity index (χ0v) is 14.2. The number of rotatable bonds is 5. The number of hydrogen-bond acceptors (Lipinski definition) is 5. The van der Waals surface area contributed by atoms with Crippen molar-refractivity contribution in [3.05, 3.63) is 24.3 Å². The Hall–Kier alpha value is -1.48. The summed E-state index contributed by atoms with van der Waals surface area (Å²) in [5.74, 6) is -0.144. The largest absolute Gasteiger partial charge is 0.378 e. The van der Waals surface area contributed by atoms with Crippen molar-refractivity contribution in [3.63, 3.8) is 0 Å². The number of benzene rings is 1. The number of nitrogens with zero attached hydrogens (tertiary/aromatic N) is 1. The van der Waals surface area contributed by atoms with Crippen LogP contribution in [0.1, 0.15) is 20.3 Å². The van der Waals surface area contributed by atoms with Gasteiger partial charge in [0.1, 0.15) is 0 Å². The maximum atomic E-state index is 12.2. The molecule has 1 fully saturated rings. The number of anilines is 1. The Labute approximate surface area is 136 Å². The van der Waals surface area contributed by atoms with E-state index >= 15 is 0 Å². The topological polar surface area (TPSA) is 102 Å². The summed E-state index contributed by atoms with van der Waals surface area (Å²) in [5.41, 5.74) is 0.390. The standard InChI is InChI=1S/C15H23N3O4S/c1-3-15(2)11-22-9-8-18(15)10-14(19)17-12-4-6-13(7-5-12)23(16,20)21/h4-7H,3,8-11H2,1-2H3,(H,17,19)(H2,16,20,21)/t15-/m0/s1. The molecule has 1 atom stereocenters. The van der Waals surface area contributed by atoms with E-state index in [1.807, 2.05) is 0 Å². The Bertz CT molecular complexity index is 660. The summed E-state index contributed by atoms with van der Waals surface area (Å²) in [5, 5.41) is 7.82. The van der Waals surface area contributed by atoms with E-state index in [9.17, 15) is 13.2 Å². The number of nitrogens with one attached hydrogen (secondary N) is 1. The van der Waals surface area contributed by atoms with E-state index in [0.717, 1.165) is 6.42 Å². The first-order valence-corrected chi connectivity index (χ1v) is 9.05. The normalized spacial score (nSPS) is 22.7. The van der Waals surface area contributed by atoms with Crippen LogP contribution in [0.3, 0.4) is 0 Å². The van der Waals surface area contributed by atoms with Gasteiger partial charge in [0.05, 0.1) is 24.7 Å². The minimum Gasteiger partial charge on any atom is -0.378 e. The molecule has 1 aliphatic heterocycles. The van der Waals surface area contributed by atoms with Gasteiger partial charge in [-0.25, -0.2) is 13.6 Å². The Morgan fingerprint density at radius 2 is 2.04 bits per heavy atom. The van der Waals surface area contributed by atoms with Crippen LogP contribution in [0, 0.1) is 0 Å². The van der Waals surface area contributed by atoms with E-state index in [0.29, 0.717) is 25.4 Å². The molecule has 0 unspecified atom stereocenters. The molecule has 0 aliphatic carbocycles. The van der Waals surface area contributed by atoms with Crippen LogP contribution in [0.25, 0.3) is 0 Å². The van der Waals surface area contributed by atoms with Crippen LogP contribution >= 0.6 is 0 Å². The molecule has 1 aromatic rings. The fraction of sp³-hybridized carbons (Fsp3) is 0.533. The van der Waals surface area contributed by atoms with Crippen molar-refractivity contribution >= 4 is 21.6 Å². The quantitative estimate of drug-likeness (QED) is 0.824. The highest BCUT2D eigenvalue weighted by Crippen LogP contribution is 2.23. The van der Waals surface area contributed by atoms with Crippen LogP contribution in [0.15, 0.2) is 29.2 Å². The summed E-state index contributed by atoms with van der Waals surface area (Å²) in [6.45, 7) is 6.37. The Morgan fingerprint density at radius 3 is 2.61 bits per heavy atom. The molecule has 128 valence electrons. The van der Waals surface area contributed by atoms with Gasteiger partial charge in [0.25, 0.3) is 0 Å². The van der Waals surface area contributed by atoms with Crippen molar-refractivity contribution in [1.29, 1.82) is 0 Å². The SMILES string of the molecule is CC[C@@]1(C)COCCN1CC(=O)Nc1ccc(S(N)(=O)=O)cc1. The van der Waals surface area contributed by atoms with Gasteiger partial charge in [-0.05, 0) is 37.6 Å². The second-order valence-electron chi connectivity index (χ2n) is 5.94. The maximum Gasteiger partial charge on any atom is 0.238 e. The number of amides is 1. The molecule has 23 heavy (non-hydrogen) atoms. The molecule has 1 aromatic carbocycles. The van der Waals surface area contributed by atoms with Crippen LogP contribution < -0.4 is 10.5 Å². The van der Waals surface area contributed by atoms with E-state index in [1.54, 1.807) is 0 Å². The molecular formula is C15H23N3O4S. The van der Waals surface area contributed by atoms with Crippen molar-refractivity contribution in [2.24, 2.45) is 5.14 Å². The molecular weight excluding hydrogens is 318 g/mol. The van der Waals surface area contributed by atoms with Crippen molar-refractivity contribution < 1.29 is 17.9 Å². The van der Waals surface area contributed by atoms with E-state index < -0.39 is 10.0 Å². The third kappa shape index (κ3) is 4.51. The highest BCUT2D eigenvalue weighted by Gasteiger charge is 2.34. The average Bonchev–Trinajstić information content (AvgIpc) is 2.49. The molecule has 2 rings (SSSR count). The summed E-state index contributed by atoms with van der Waals surface area (Å²) in [6, 6.07) is 5.79. The van der Waals surface area contributed by atoms with Gasteiger partial charge in [-0.1, -0.05) is 6.92 Å². The molecule has 3 N–H and O–H groups in total. The number of carbonyl (C=O) groups excluding carboxylic acids is 1. The molecule has 7 nitrogen and oxygen atoms in total. The van der Waals surface area contributed by atoms with Crippen LogP contribution in [0.5, 0.6) is 0 Å². The van der Waals surface area contributed by atoms with Gasteiger partial charge in [0.15, 0.2) is 0 Å². The first-order valence-electron chi connectivity index (χ1n) is 7.50. The fourth-order valence-corrected chi connectivity index (χ4v) is 3.04. The molecule has 0 aromatic heterocycles. The zero-order chi connectivity index (χ0) is 17.1. The van der Waals surface area contributed by atoms with Gasteiger partial charge in [-0.3, -0.25) is 9.69 Å². The maximum absolute atomic E-state index is 12.2. The molecule has 0 radical (unpaired) electrons. The summed E-state index contributed by atoms with van der Waals surface area (Å²) >= 11 is 0. The lowest BCUT2D eigenvalue weighted by atomic mass is 9.96. The molecule has 1 saturated heterocycles. The van der Waals surface area contributed by atoms with E-state index in [-0.39, 0.29) is 22.9 Å². The second kappa shape index (κ2) is 6.96. The lowest BCUT2D eigenvalue weighted by Crippen LogP contribution is -2.56. The smallest absolute Gasteiger partial charge is 0.238 e. The predicted molar refractivity (Wildman–Crippen MR) is 87.5 cm³/mol. The molecule has 1 amide bonds. The molecule has 0 saturated carbocycles. The Balaban J connectivity index is 1.99. The molecule has 1 heterocycles. The van der Waals surface area contributed by atoms with Crippen molar-refractivity contribution in [3.8, 4) is 0 Å². The molecule has 8 heteroatoms. The fourth-order valence-electron chi connectivity index (χ4n) is 2.53. The minimum atomic E-state index is -3.72. The molecule has 1 aliphatic rings. The van der Waals surface area contributed by atoms with Crippen LogP contribution in [0.2, 0.25) is 0 Å². The number of carbonyl (C=O) groups is 1. The van der Waals surface area contributed by atoms with Gasteiger partial charge < -0.3 is 10.1 Å². The van der Waals surface area contributed by atoms with Crippen molar-refractivity contribution in [2.45, 2.75) is 30.7 Å². The van der Waals surface area contributed by atoms with Gasteiger partial charge in [-0.2, -0.15) is 0 Å². The first kappa shape index (κ1) is 17.9. The van der Waals surface area contributed by atoms with Crippen LogP contribution in [-0.2, 0) is 19.6 Å². The second-order valence-corrected chi connectivity index (χ2v) is 7.50. The number of primary sulfonamides is 1. The van der Waals surface area contributed by atoms with E-state index in [2.05, 4.69) is 24.1 Å². The number of nitrogens with two attached hydrogens (primary N) is 1. The molecule has 0 spiro atoms. The van der Waals surface area contributed by atoms with Crippen LogP contribution in [-0.4, -0.2) is 51.1 Å². The molecule has 0 bridgehead atoms. The third-order valence-corrected chi connectivity index (χ3v) is 5.17. The summed E-state index contributed by atoms with van der Waals surface area (Å²) in [7, 11) is -3.72. The van der Waals surface area contributed by atoms with E-state index in [1.165, 1.54) is 24.3 Å². The summed E-state index contributed by atoms with van der Waals surface area (Å²) in [6.07, 6.45) is 0.892. The third-order valence-electron chi connectivity index (χ3n) is 4.24. The lowest BCUT2D eigenvalue weighted by Gasteiger charge is -2.43. The highest BCUT2D eigenvalue weighted by atomic mass is 32.2. The first-order chi connectivity index (χ1) is 10.7. The zero-order valence-electron chi connectivity index (χ0n) is 13.4. The minimum absolute atomic E-state index is 0.0160. The summed E-state index contributed by atoms with van der Waals surface area (Å²) < 4.78 is 27.9. The lowest BCUT2D eigenvalue weighted by molar-refractivity contribution is -0.123. The predicted octanol–water partition coefficient (Wildman–Crippen LogP) is 0.773. The number of ether oxygens (including phenoxy) is 1. The number of morpholine rings is 1. The van der Waals surface area contributed by atoms with E-state index in [4.69, 9.17) is 9.88 Å². The average molecular weight is 341 g/mol. The van der Waals surface area contributed by atoms with Gasteiger partial charge in [0.2, 0.25) is 15.9 Å². The van der Waals surface area contributed by atoms with Crippen LogP contribution in [0.4, 0.5) is 5.69 Å². The van der Waals surface area contributed by atoms with Crippen molar-refractivity contribution in [1.82, 2.24) is 4.90 Å². The van der Waals surface area contributed by atoms with Crippen molar-refractivity contribution in [2.75, 3.05) is 31.6 Å². The Morgan fingerprint density at radius 1 is 1.39 bits per heavy atom. The highest BCUT2D eigenvalue weighted by molar-refractivity contribution is 7.89. The van der Waals surface area contributed by atoms with Gasteiger partial charge >= 0.3 is 0 Å². The number of hydrogen-bond donors (Lipinski definition) is 2. The number of sulfonamides is 1. The summed E-state index contributed by atoms with van der Waals surface area (Å²) in [4.78, 5) is 14.4.